The number of carbonyl (C=O) groups is 3. The molecule has 13 heteroatoms. The van der Waals surface area contributed by atoms with Gasteiger partial charge >= 0.3 is 12.1 Å². The van der Waals surface area contributed by atoms with Gasteiger partial charge in [0.2, 0.25) is 5.91 Å². The second kappa shape index (κ2) is 17.2. The van der Waals surface area contributed by atoms with Gasteiger partial charge in [0.15, 0.2) is 17.6 Å². The molecule has 59 heavy (non-hydrogen) atoms. The molecule has 3 heterocycles. The predicted molar refractivity (Wildman–Crippen MR) is 224 cm³/mol. The Morgan fingerprint density at radius 3 is 2.41 bits per heavy atom. The summed E-state index contributed by atoms with van der Waals surface area (Å²) in [6.45, 7) is 9.74. The topological polar surface area (TPSA) is 137 Å². The molecule has 5 aromatic rings. The van der Waals surface area contributed by atoms with Crippen LogP contribution in [0.5, 0.6) is 17.2 Å². The molecule has 2 aliphatic heterocycles. The normalized spacial score (nSPS) is 16.4. The molecule has 0 unspecified atom stereocenters. The molecule has 2 aliphatic rings. The van der Waals surface area contributed by atoms with Crippen molar-refractivity contribution in [3.05, 3.63) is 140 Å². The summed E-state index contributed by atoms with van der Waals surface area (Å²) in [5.41, 5.74) is 7.13. The van der Waals surface area contributed by atoms with E-state index in [1.54, 1.807) is 39.1 Å². The van der Waals surface area contributed by atoms with Crippen molar-refractivity contribution in [1.82, 2.24) is 15.2 Å². The van der Waals surface area contributed by atoms with Crippen LogP contribution in [0.3, 0.4) is 0 Å². The van der Waals surface area contributed by atoms with Gasteiger partial charge < -0.3 is 29.4 Å². The number of carboxylic acids is 1. The van der Waals surface area contributed by atoms with Gasteiger partial charge in [-0.05, 0) is 122 Å². The highest BCUT2D eigenvalue weighted by Gasteiger charge is 2.39. The number of nitrogens with zero attached hydrogens (tertiary/aromatic N) is 2. The maximum Gasteiger partial charge on any atom is 0.411 e. The quantitative estimate of drug-likeness (QED) is 0.141. The van der Waals surface area contributed by atoms with E-state index in [0.717, 1.165) is 50.2 Å². The van der Waals surface area contributed by atoms with E-state index >= 15 is 0 Å². The fourth-order valence-corrected chi connectivity index (χ4v) is 7.46. The maximum atomic E-state index is 14.1. The first kappa shape index (κ1) is 41.4. The highest BCUT2D eigenvalue weighted by atomic mass is 35.5. The number of hydrogen-bond donors (Lipinski definition) is 2. The molecule has 0 fully saturated rings. The number of carbonyl (C=O) groups excluding carboxylic acids is 2. The van der Waals surface area contributed by atoms with Crippen LogP contribution in [0.4, 0.5) is 4.79 Å². The van der Waals surface area contributed by atoms with Gasteiger partial charge in [-0.25, -0.2) is 9.59 Å². The van der Waals surface area contributed by atoms with E-state index < -0.39 is 41.8 Å². The van der Waals surface area contributed by atoms with Gasteiger partial charge in [0, 0.05) is 24.7 Å². The summed E-state index contributed by atoms with van der Waals surface area (Å²) in [6, 6.07) is 23.8. The predicted octanol–water partition coefficient (Wildman–Crippen LogP) is 9.24. The molecule has 11 nitrogen and oxygen atoms in total. The Morgan fingerprint density at radius 1 is 0.932 bits per heavy atom. The zero-order valence-corrected chi connectivity index (χ0v) is 34.9. The Labute approximate surface area is 353 Å². The van der Waals surface area contributed by atoms with Crippen molar-refractivity contribution in [3.63, 3.8) is 0 Å². The van der Waals surface area contributed by atoms with Gasteiger partial charge in [0.1, 0.15) is 36.6 Å². The number of rotatable bonds is 10. The average Bonchev–Trinajstić information content (AvgIpc) is 3.20. The Kier molecular flexibility index (Phi) is 12.1. The third-order valence-corrected chi connectivity index (χ3v) is 11.1. The van der Waals surface area contributed by atoms with Gasteiger partial charge in [0.05, 0.1) is 16.6 Å². The first-order chi connectivity index (χ1) is 28.1. The molecule has 0 saturated heterocycles. The number of halogens is 2. The molecule has 2 amide bonds. The van der Waals surface area contributed by atoms with Gasteiger partial charge in [-0.1, -0.05) is 65.7 Å². The van der Waals surface area contributed by atoms with Gasteiger partial charge in [-0.3, -0.25) is 14.7 Å². The van der Waals surface area contributed by atoms with Crippen LogP contribution in [0.15, 0.2) is 91.1 Å². The van der Waals surface area contributed by atoms with Crippen molar-refractivity contribution >= 4 is 41.2 Å². The van der Waals surface area contributed by atoms with Crippen molar-refractivity contribution in [2.45, 2.75) is 84.4 Å². The van der Waals surface area contributed by atoms with E-state index in [1.165, 1.54) is 4.90 Å². The van der Waals surface area contributed by atoms with Crippen molar-refractivity contribution in [3.8, 4) is 28.4 Å². The molecular formula is C46H45Cl2N3O8. The van der Waals surface area contributed by atoms with Crippen LogP contribution in [-0.2, 0) is 40.3 Å². The molecule has 1 aromatic heterocycles. The number of carboxylic acid groups (broad SMARTS) is 1. The lowest BCUT2D eigenvalue weighted by molar-refractivity contribution is -0.142. The summed E-state index contributed by atoms with van der Waals surface area (Å²) in [7, 11) is 0. The second-order valence-corrected chi connectivity index (χ2v) is 16.6. The molecule has 3 atom stereocenters. The number of aromatic nitrogens is 1. The van der Waals surface area contributed by atoms with Crippen LogP contribution in [0.25, 0.3) is 11.1 Å². The van der Waals surface area contributed by atoms with Crippen LogP contribution in [0, 0.1) is 13.8 Å². The lowest BCUT2D eigenvalue weighted by Gasteiger charge is -2.38. The van der Waals surface area contributed by atoms with E-state index in [0.29, 0.717) is 33.9 Å². The number of pyridine rings is 1. The lowest BCUT2D eigenvalue weighted by atomic mass is 9.92. The molecule has 2 N–H and O–H groups in total. The maximum absolute atomic E-state index is 14.1. The van der Waals surface area contributed by atoms with Crippen LogP contribution in [-0.4, -0.2) is 57.3 Å². The molecule has 7 rings (SSSR count). The summed E-state index contributed by atoms with van der Waals surface area (Å²) in [5, 5.41) is 13.9. The van der Waals surface area contributed by atoms with Crippen LogP contribution >= 0.6 is 23.2 Å². The molecular weight excluding hydrogens is 793 g/mol. The Morgan fingerprint density at radius 2 is 1.68 bits per heavy atom. The number of benzene rings is 4. The molecule has 0 aliphatic carbocycles. The monoisotopic (exact) mass is 837 g/mol. The number of hydrogen-bond acceptors (Lipinski definition) is 8. The number of fused-ring (bicyclic) bond motifs is 2. The van der Waals surface area contributed by atoms with Crippen molar-refractivity contribution < 1.29 is 38.4 Å². The SMILES string of the molecule is Cc1nccc(-c2ccc(C[C@H](NC(=O)[C@@H]3Cc4cc5c(cc4CN3C(=O)OC(C)(C)C)O[C@@H](c3cccc(OCc4ccc(Cl)c(Cl)c4)c3)CO5)C(=O)O)cc2)c1C. The highest BCUT2D eigenvalue weighted by molar-refractivity contribution is 6.42. The molecule has 0 radical (unpaired) electrons. The standard InChI is InChI=1S/C46H45Cl2N3O8/c1-26-27(2)49-16-15-35(26)30-12-9-28(10-13-30)18-38(44(53)54)50-43(52)39-20-32-21-40-41(22-33(32)23-51(39)45(55)59-46(3,4)5)58-42(25-57-40)31-7-6-8-34(19-31)56-24-29-11-14-36(47)37(48)17-29/h6-17,19,21-22,38-39,42H,18,20,23-25H2,1-5H3,(H,50,52)(H,53,54)/t38-,39-,42+/m0/s1. The largest absolute Gasteiger partial charge is 0.489 e. The molecule has 0 bridgehead atoms. The number of ether oxygens (including phenoxy) is 4. The first-order valence-corrected chi connectivity index (χ1v) is 20.0. The smallest absolute Gasteiger partial charge is 0.411 e. The minimum atomic E-state index is -1.25. The first-order valence-electron chi connectivity index (χ1n) is 19.3. The fourth-order valence-electron chi connectivity index (χ4n) is 7.14. The van der Waals surface area contributed by atoms with Crippen molar-refractivity contribution in [2.75, 3.05) is 6.61 Å². The van der Waals surface area contributed by atoms with Crippen LogP contribution < -0.4 is 19.5 Å². The lowest BCUT2D eigenvalue weighted by Crippen LogP contribution is -2.56. The third-order valence-electron chi connectivity index (χ3n) is 10.4. The molecule has 4 aromatic carbocycles. The Balaban J connectivity index is 1.07. The van der Waals surface area contributed by atoms with Crippen molar-refractivity contribution in [2.24, 2.45) is 0 Å². The number of nitrogens with one attached hydrogen (secondary N) is 1. The highest BCUT2D eigenvalue weighted by Crippen LogP contribution is 2.41. The number of aliphatic carboxylic acids is 1. The van der Waals surface area contributed by atoms with Gasteiger partial charge in [-0.2, -0.15) is 0 Å². The summed E-state index contributed by atoms with van der Waals surface area (Å²) in [5.74, 6) is -0.174. The minimum Gasteiger partial charge on any atom is -0.489 e. The second-order valence-electron chi connectivity index (χ2n) is 15.8. The van der Waals surface area contributed by atoms with Crippen LogP contribution in [0.2, 0.25) is 10.0 Å². The number of aryl methyl sites for hydroxylation is 1. The Bertz CT molecular complexity index is 2400. The fraction of sp³-hybridized carbons (Fsp3) is 0.304. The summed E-state index contributed by atoms with van der Waals surface area (Å²) < 4.78 is 24.5. The summed E-state index contributed by atoms with van der Waals surface area (Å²) >= 11 is 12.2. The molecule has 0 spiro atoms. The van der Waals surface area contributed by atoms with Crippen LogP contribution in [0.1, 0.15) is 65.9 Å². The summed E-state index contributed by atoms with van der Waals surface area (Å²) in [4.78, 5) is 46.0. The van der Waals surface area contributed by atoms with E-state index in [1.807, 2.05) is 86.6 Å². The van der Waals surface area contributed by atoms with Gasteiger partial charge in [0.25, 0.3) is 0 Å². The van der Waals surface area contributed by atoms with E-state index in [2.05, 4.69) is 10.3 Å². The van der Waals surface area contributed by atoms with E-state index in [9.17, 15) is 19.5 Å². The zero-order valence-electron chi connectivity index (χ0n) is 33.4. The van der Waals surface area contributed by atoms with Crippen molar-refractivity contribution in [1.29, 1.82) is 0 Å². The van der Waals surface area contributed by atoms with Gasteiger partial charge in [-0.15, -0.1) is 0 Å². The third kappa shape index (κ3) is 9.75. The summed E-state index contributed by atoms with van der Waals surface area (Å²) in [6.07, 6.45) is 0.753. The Hall–Kier alpha value is -5.78. The zero-order chi connectivity index (χ0) is 42.0. The number of amides is 2. The molecule has 0 saturated carbocycles. The van der Waals surface area contributed by atoms with E-state index in [-0.39, 0.29) is 26.0 Å². The average molecular weight is 839 g/mol. The van der Waals surface area contributed by atoms with E-state index in [4.69, 9.17) is 42.1 Å². The minimum absolute atomic E-state index is 0.0226. The molecule has 306 valence electrons.